The second-order valence-corrected chi connectivity index (χ2v) is 4.26. The quantitative estimate of drug-likeness (QED) is 0.756. The van der Waals surface area contributed by atoms with E-state index in [1.54, 1.807) is 19.4 Å². The van der Waals surface area contributed by atoms with Gasteiger partial charge >= 0.3 is 0 Å². The summed E-state index contributed by atoms with van der Waals surface area (Å²) >= 11 is 0. The number of benzene rings is 2. The Balaban J connectivity index is 2.21. The molecule has 94 valence electrons. The number of rotatable bonds is 2. The monoisotopic (exact) mass is 251 g/mol. The van der Waals surface area contributed by atoms with E-state index in [0.29, 0.717) is 0 Å². The average Bonchev–Trinajstić information content (AvgIpc) is 2.48. The Hall–Kier alpha value is -2.55. The highest BCUT2D eigenvalue weighted by molar-refractivity contribution is 5.97. The summed E-state index contributed by atoms with van der Waals surface area (Å²) in [5.74, 6) is 1.07. The minimum absolute atomic E-state index is 0.250. The third-order valence-corrected chi connectivity index (χ3v) is 3.15. The molecule has 0 atom stereocenters. The molecule has 1 N–H and O–H groups in total. The van der Waals surface area contributed by atoms with E-state index in [9.17, 15) is 5.11 Å². The van der Waals surface area contributed by atoms with Crippen LogP contribution < -0.4 is 4.74 Å². The summed E-state index contributed by atoms with van der Waals surface area (Å²) in [4.78, 5) is 4.37. The number of phenolic OH excluding ortho intramolecular Hbond substituents is 1. The number of phenols is 1. The SMILES string of the molecule is COc1ccc(-c2ccc(O)c3cccnc23)cc1. The molecule has 0 unspecified atom stereocenters. The molecule has 19 heavy (non-hydrogen) atoms. The van der Waals surface area contributed by atoms with Gasteiger partial charge in [-0.05, 0) is 42.0 Å². The number of pyridine rings is 1. The van der Waals surface area contributed by atoms with Gasteiger partial charge in [-0.2, -0.15) is 0 Å². The maximum Gasteiger partial charge on any atom is 0.125 e. The van der Waals surface area contributed by atoms with Crippen LogP contribution in [0, 0.1) is 0 Å². The highest BCUT2D eigenvalue weighted by atomic mass is 16.5. The van der Waals surface area contributed by atoms with Gasteiger partial charge in [-0.15, -0.1) is 0 Å². The Bertz CT molecular complexity index is 720. The van der Waals surface area contributed by atoms with Crippen molar-refractivity contribution in [3.05, 3.63) is 54.7 Å². The van der Waals surface area contributed by atoms with Crippen LogP contribution in [0.2, 0.25) is 0 Å². The summed E-state index contributed by atoms with van der Waals surface area (Å²) in [6.07, 6.45) is 1.73. The molecular formula is C16H13NO2. The number of ether oxygens (including phenoxy) is 1. The lowest BCUT2D eigenvalue weighted by molar-refractivity contribution is 0.415. The van der Waals surface area contributed by atoms with Gasteiger partial charge in [-0.3, -0.25) is 4.98 Å². The lowest BCUT2D eigenvalue weighted by atomic mass is 10.0. The van der Waals surface area contributed by atoms with Gasteiger partial charge in [0.2, 0.25) is 0 Å². The Labute approximate surface area is 111 Å². The molecule has 0 saturated heterocycles. The van der Waals surface area contributed by atoms with Crippen molar-refractivity contribution in [3.8, 4) is 22.6 Å². The molecule has 0 saturated carbocycles. The number of aromatic hydroxyl groups is 1. The fourth-order valence-corrected chi connectivity index (χ4v) is 2.16. The summed E-state index contributed by atoms with van der Waals surface area (Å²) in [5, 5.41) is 10.6. The predicted molar refractivity (Wildman–Crippen MR) is 75.4 cm³/mol. The number of aromatic nitrogens is 1. The van der Waals surface area contributed by atoms with E-state index in [-0.39, 0.29) is 5.75 Å². The largest absolute Gasteiger partial charge is 0.507 e. The van der Waals surface area contributed by atoms with E-state index in [1.807, 2.05) is 42.5 Å². The Morgan fingerprint density at radius 2 is 1.79 bits per heavy atom. The zero-order chi connectivity index (χ0) is 13.2. The number of nitrogens with zero attached hydrogens (tertiary/aromatic N) is 1. The normalized spacial score (nSPS) is 10.6. The minimum atomic E-state index is 0.250. The first-order valence-corrected chi connectivity index (χ1v) is 6.01. The van der Waals surface area contributed by atoms with Crippen LogP contribution in [0.3, 0.4) is 0 Å². The van der Waals surface area contributed by atoms with Gasteiger partial charge in [0.05, 0.1) is 12.6 Å². The maximum absolute atomic E-state index is 9.86. The van der Waals surface area contributed by atoms with E-state index in [4.69, 9.17) is 4.74 Å². The highest BCUT2D eigenvalue weighted by Crippen LogP contribution is 2.32. The molecule has 1 heterocycles. The molecule has 0 spiro atoms. The molecule has 2 aromatic carbocycles. The van der Waals surface area contributed by atoms with Crippen LogP contribution in [0.4, 0.5) is 0 Å². The molecular weight excluding hydrogens is 238 g/mol. The highest BCUT2D eigenvalue weighted by Gasteiger charge is 2.08. The zero-order valence-electron chi connectivity index (χ0n) is 10.5. The number of fused-ring (bicyclic) bond motifs is 1. The van der Waals surface area contributed by atoms with Crippen LogP contribution in [0.25, 0.3) is 22.0 Å². The number of methoxy groups -OCH3 is 1. The van der Waals surface area contributed by atoms with Crippen LogP contribution in [0.1, 0.15) is 0 Å². The fourth-order valence-electron chi connectivity index (χ4n) is 2.16. The smallest absolute Gasteiger partial charge is 0.125 e. The minimum Gasteiger partial charge on any atom is -0.507 e. The molecule has 0 aliphatic carbocycles. The van der Waals surface area contributed by atoms with Crippen molar-refractivity contribution in [2.45, 2.75) is 0 Å². The van der Waals surface area contributed by atoms with Crippen molar-refractivity contribution in [1.29, 1.82) is 0 Å². The Kier molecular flexibility index (Phi) is 2.80. The van der Waals surface area contributed by atoms with E-state index < -0.39 is 0 Å². The van der Waals surface area contributed by atoms with Gasteiger partial charge in [0.25, 0.3) is 0 Å². The first kappa shape index (κ1) is 11.5. The first-order valence-electron chi connectivity index (χ1n) is 6.01. The van der Waals surface area contributed by atoms with Crippen molar-refractivity contribution in [3.63, 3.8) is 0 Å². The molecule has 0 amide bonds. The molecule has 3 rings (SSSR count). The summed E-state index contributed by atoms with van der Waals surface area (Å²) in [5.41, 5.74) is 2.84. The van der Waals surface area contributed by atoms with Gasteiger partial charge in [0.15, 0.2) is 0 Å². The van der Waals surface area contributed by atoms with Crippen molar-refractivity contribution in [2.24, 2.45) is 0 Å². The zero-order valence-corrected chi connectivity index (χ0v) is 10.5. The van der Waals surface area contributed by atoms with Crippen LogP contribution >= 0.6 is 0 Å². The average molecular weight is 251 g/mol. The summed E-state index contributed by atoms with van der Waals surface area (Å²) in [6.45, 7) is 0. The van der Waals surface area contributed by atoms with Crippen LogP contribution in [0.15, 0.2) is 54.7 Å². The predicted octanol–water partition coefficient (Wildman–Crippen LogP) is 3.62. The van der Waals surface area contributed by atoms with E-state index in [1.165, 1.54) is 0 Å². The van der Waals surface area contributed by atoms with Crippen molar-refractivity contribution in [1.82, 2.24) is 4.98 Å². The van der Waals surface area contributed by atoms with Crippen LogP contribution in [0.5, 0.6) is 11.5 Å². The van der Waals surface area contributed by atoms with Gasteiger partial charge in [0.1, 0.15) is 11.5 Å². The molecule has 0 bridgehead atoms. The van der Waals surface area contributed by atoms with E-state index >= 15 is 0 Å². The van der Waals surface area contributed by atoms with E-state index in [0.717, 1.165) is 27.8 Å². The fraction of sp³-hybridized carbons (Fsp3) is 0.0625. The lowest BCUT2D eigenvalue weighted by Crippen LogP contribution is -1.86. The standard InChI is InChI=1S/C16H13NO2/c1-19-12-6-4-11(5-7-12)13-8-9-15(18)14-3-2-10-17-16(13)14/h2-10,18H,1H3. The second kappa shape index (κ2) is 4.61. The van der Waals surface area contributed by atoms with Crippen molar-refractivity contribution in [2.75, 3.05) is 7.11 Å². The molecule has 0 aliphatic rings. The molecule has 0 fully saturated rings. The van der Waals surface area contributed by atoms with Crippen LogP contribution in [-0.2, 0) is 0 Å². The lowest BCUT2D eigenvalue weighted by Gasteiger charge is -2.08. The third kappa shape index (κ3) is 1.99. The topological polar surface area (TPSA) is 42.4 Å². The number of hydrogen-bond acceptors (Lipinski definition) is 3. The second-order valence-electron chi connectivity index (χ2n) is 4.26. The van der Waals surface area contributed by atoms with Gasteiger partial charge < -0.3 is 9.84 Å². The molecule has 0 radical (unpaired) electrons. The summed E-state index contributed by atoms with van der Waals surface area (Å²) < 4.78 is 5.16. The first-order chi connectivity index (χ1) is 9.29. The Morgan fingerprint density at radius 1 is 1.00 bits per heavy atom. The van der Waals surface area contributed by atoms with Gasteiger partial charge in [-0.25, -0.2) is 0 Å². The molecule has 3 nitrogen and oxygen atoms in total. The summed E-state index contributed by atoms with van der Waals surface area (Å²) in [7, 11) is 1.65. The maximum atomic E-state index is 9.86. The molecule has 0 aliphatic heterocycles. The molecule has 3 aromatic rings. The van der Waals surface area contributed by atoms with Crippen molar-refractivity contribution >= 4 is 10.9 Å². The molecule has 1 aromatic heterocycles. The number of hydrogen-bond donors (Lipinski definition) is 1. The van der Waals surface area contributed by atoms with E-state index in [2.05, 4.69) is 4.98 Å². The van der Waals surface area contributed by atoms with Crippen LogP contribution in [-0.4, -0.2) is 17.2 Å². The molecule has 3 heteroatoms. The van der Waals surface area contributed by atoms with Crippen molar-refractivity contribution < 1.29 is 9.84 Å². The van der Waals surface area contributed by atoms with Gasteiger partial charge in [-0.1, -0.05) is 12.1 Å². The van der Waals surface area contributed by atoms with Gasteiger partial charge in [0, 0.05) is 17.1 Å². The Morgan fingerprint density at radius 3 is 2.53 bits per heavy atom. The summed E-state index contributed by atoms with van der Waals surface area (Å²) in [6, 6.07) is 15.1. The third-order valence-electron chi connectivity index (χ3n) is 3.15.